The Balaban J connectivity index is 1.82. The summed E-state index contributed by atoms with van der Waals surface area (Å²) in [5, 5.41) is 57.3. The molecule has 0 radical (unpaired) electrons. The second-order valence-electron chi connectivity index (χ2n) is 5.46. The van der Waals surface area contributed by atoms with Crippen LogP contribution in [0.5, 0.6) is 34.5 Å². The van der Waals surface area contributed by atoms with E-state index in [9.17, 15) is 35.4 Å². The molecule has 1 aliphatic rings. The molecule has 0 bridgehead atoms. The molecule has 0 spiro atoms. The third-order valence-corrected chi connectivity index (χ3v) is 3.71. The second-order valence-corrected chi connectivity index (χ2v) is 5.46. The minimum Gasteiger partial charge on any atom is -0.508 e. The number of phenolic OH excluding ortho intramolecular Hbond substituents is 5. The monoisotopic (exact) mass is 350 g/mol. The standard InChI is InChI=1S/C16H14O9/c17-7-3-9(18)8-5-13(16(23)24-12(8)4-7)25-15(22)6-1-10(19)14(21)11(20)2-6/h1-4,13,16-21,23H,5H2/t13-,16?/m1/s1. The van der Waals surface area contributed by atoms with E-state index in [1.807, 2.05) is 0 Å². The van der Waals surface area contributed by atoms with Crippen LogP contribution in [-0.2, 0) is 11.2 Å². The molecule has 0 aliphatic carbocycles. The highest BCUT2D eigenvalue weighted by Crippen LogP contribution is 2.39. The molecule has 9 heteroatoms. The van der Waals surface area contributed by atoms with Gasteiger partial charge in [-0.05, 0) is 12.1 Å². The lowest BCUT2D eigenvalue weighted by molar-refractivity contribution is -0.119. The van der Waals surface area contributed by atoms with Crippen LogP contribution in [0.2, 0.25) is 0 Å². The van der Waals surface area contributed by atoms with Crippen molar-refractivity contribution in [2.45, 2.75) is 18.8 Å². The summed E-state index contributed by atoms with van der Waals surface area (Å²) in [7, 11) is 0. The van der Waals surface area contributed by atoms with Gasteiger partial charge in [0.05, 0.1) is 5.56 Å². The summed E-state index contributed by atoms with van der Waals surface area (Å²) in [5.74, 6) is -3.71. The first-order valence-electron chi connectivity index (χ1n) is 7.11. The van der Waals surface area contributed by atoms with E-state index in [4.69, 9.17) is 9.47 Å². The zero-order valence-corrected chi connectivity index (χ0v) is 12.6. The number of hydrogen-bond donors (Lipinski definition) is 6. The Morgan fingerprint density at radius 1 is 1.00 bits per heavy atom. The van der Waals surface area contributed by atoms with Gasteiger partial charge in [0.25, 0.3) is 0 Å². The van der Waals surface area contributed by atoms with Gasteiger partial charge in [-0.3, -0.25) is 0 Å². The van der Waals surface area contributed by atoms with Crippen LogP contribution in [0.25, 0.3) is 0 Å². The fourth-order valence-corrected chi connectivity index (χ4v) is 2.46. The van der Waals surface area contributed by atoms with Gasteiger partial charge >= 0.3 is 5.97 Å². The zero-order chi connectivity index (χ0) is 18.3. The van der Waals surface area contributed by atoms with Crippen molar-refractivity contribution in [1.29, 1.82) is 0 Å². The molecule has 2 aromatic carbocycles. The number of phenols is 5. The number of aliphatic hydroxyl groups excluding tert-OH is 1. The van der Waals surface area contributed by atoms with Crippen molar-refractivity contribution in [2.75, 3.05) is 0 Å². The fraction of sp³-hybridized carbons (Fsp3) is 0.188. The quantitative estimate of drug-likeness (QED) is 0.339. The van der Waals surface area contributed by atoms with Gasteiger partial charge in [0, 0.05) is 24.1 Å². The van der Waals surface area contributed by atoms with Gasteiger partial charge in [-0.25, -0.2) is 4.79 Å². The molecule has 0 aromatic heterocycles. The molecule has 0 amide bonds. The molecule has 0 fully saturated rings. The lowest BCUT2D eigenvalue weighted by Gasteiger charge is -2.30. The van der Waals surface area contributed by atoms with Gasteiger partial charge < -0.3 is 40.1 Å². The van der Waals surface area contributed by atoms with E-state index in [0.717, 1.165) is 18.2 Å². The Labute approximate surface area is 140 Å². The molecule has 25 heavy (non-hydrogen) atoms. The maximum Gasteiger partial charge on any atom is 0.338 e. The Bertz CT molecular complexity index is 823. The largest absolute Gasteiger partial charge is 0.508 e. The molecule has 2 aromatic rings. The number of ether oxygens (including phenoxy) is 2. The van der Waals surface area contributed by atoms with Crippen molar-refractivity contribution in [3.63, 3.8) is 0 Å². The van der Waals surface area contributed by atoms with Gasteiger partial charge in [0.2, 0.25) is 6.29 Å². The Morgan fingerprint density at radius 2 is 1.64 bits per heavy atom. The Morgan fingerprint density at radius 3 is 2.28 bits per heavy atom. The van der Waals surface area contributed by atoms with E-state index in [0.29, 0.717) is 0 Å². The maximum atomic E-state index is 12.1. The molecule has 1 unspecified atom stereocenters. The second kappa shape index (κ2) is 5.95. The summed E-state index contributed by atoms with van der Waals surface area (Å²) in [5.41, 5.74) is -0.0296. The van der Waals surface area contributed by atoms with Gasteiger partial charge in [-0.1, -0.05) is 0 Å². The van der Waals surface area contributed by atoms with E-state index in [2.05, 4.69) is 0 Å². The van der Waals surface area contributed by atoms with E-state index in [-0.39, 0.29) is 34.8 Å². The van der Waals surface area contributed by atoms with Crippen molar-refractivity contribution in [3.8, 4) is 34.5 Å². The average Bonchev–Trinajstić information content (AvgIpc) is 2.53. The predicted molar refractivity (Wildman–Crippen MR) is 80.8 cm³/mol. The van der Waals surface area contributed by atoms with Crippen molar-refractivity contribution >= 4 is 5.97 Å². The van der Waals surface area contributed by atoms with Crippen molar-refractivity contribution < 1.29 is 44.9 Å². The molecule has 132 valence electrons. The van der Waals surface area contributed by atoms with Crippen molar-refractivity contribution in [3.05, 3.63) is 35.4 Å². The molecule has 9 nitrogen and oxygen atoms in total. The Kier molecular flexibility index (Phi) is 3.93. The van der Waals surface area contributed by atoms with Crippen LogP contribution in [0, 0.1) is 0 Å². The van der Waals surface area contributed by atoms with Crippen LogP contribution in [-0.4, -0.2) is 49.0 Å². The zero-order valence-electron chi connectivity index (χ0n) is 12.6. The molecule has 1 heterocycles. The Hall–Kier alpha value is -3.33. The number of aliphatic hydroxyl groups is 1. The summed E-state index contributed by atoms with van der Waals surface area (Å²) < 4.78 is 10.2. The highest BCUT2D eigenvalue weighted by molar-refractivity contribution is 5.91. The third-order valence-electron chi connectivity index (χ3n) is 3.71. The van der Waals surface area contributed by atoms with Gasteiger partial charge in [-0.2, -0.15) is 0 Å². The minimum atomic E-state index is -1.56. The van der Waals surface area contributed by atoms with Crippen LogP contribution in [0.15, 0.2) is 24.3 Å². The molecular weight excluding hydrogens is 336 g/mol. The van der Waals surface area contributed by atoms with Gasteiger partial charge in [-0.15, -0.1) is 0 Å². The lowest BCUT2D eigenvalue weighted by atomic mass is 10.0. The van der Waals surface area contributed by atoms with E-state index in [1.165, 1.54) is 6.07 Å². The number of hydrogen-bond acceptors (Lipinski definition) is 9. The molecule has 2 atom stereocenters. The van der Waals surface area contributed by atoms with E-state index < -0.39 is 35.6 Å². The van der Waals surface area contributed by atoms with Crippen LogP contribution in [0.1, 0.15) is 15.9 Å². The summed E-state index contributed by atoms with van der Waals surface area (Å²) in [4.78, 5) is 12.1. The highest BCUT2D eigenvalue weighted by Gasteiger charge is 2.34. The summed E-state index contributed by atoms with van der Waals surface area (Å²) >= 11 is 0. The van der Waals surface area contributed by atoms with Crippen LogP contribution in [0.3, 0.4) is 0 Å². The van der Waals surface area contributed by atoms with Gasteiger partial charge in [0.1, 0.15) is 17.2 Å². The van der Waals surface area contributed by atoms with Gasteiger partial charge in [0.15, 0.2) is 23.4 Å². The van der Waals surface area contributed by atoms with E-state index >= 15 is 0 Å². The number of fused-ring (bicyclic) bond motifs is 1. The first kappa shape index (κ1) is 16.5. The number of aromatic hydroxyl groups is 5. The summed E-state index contributed by atoms with van der Waals surface area (Å²) in [6.07, 6.45) is -2.84. The summed E-state index contributed by atoms with van der Waals surface area (Å²) in [6, 6.07) is 4.05. The number of carbonyl (C=O) groups excluding carboxylic acids is 1. The first-order chi connectivity index (χ1) is 11.8. The summed E-state index contributed by atoms with van der Waals surface area (Å²) in [6.45, 7) is 0. The average molecular weight is 350 g/mol. The first-order valence-corrected chi connectivity index (χ1v) is 7.11. The normalized spacial score (nSPS) is 18.9. The molecule has 1 aliphatic heterocycles. The van der Waals surface area contributed by atoms with Crippen LogP contribution >= 0.6 is 0 Å². The molecule has 3 rings (SSSR count). The van der Waals surface area contributed by atoms with E-state index in [1.54, 1.807) is 0 Å². The SMILES string of the molecule is O=C(O[C@@H]1Cc2c(O)cc(O)cc2OC1O)c1cc(O)c(O)c(O)c1. The lowest BCUT2D eigenvalue weighted by Crippen LogP contribution is -2.40. The van der Waals surface area contributed by atoms with Crippen molar-refractivity contribution in [1.82, 2.24) is 0 Å². The predicted octanol–water partition coefficient (Wildman–Crippen LogP) is 0.693. The maximum absolute atomic E-state index is 12.1. The number of carbonyl (C=O) groups is 1. The highest BCUT2D eigenvalue weighted by atomic mass is 16.6. The fourth-order valence-electron chi connectivity index (χ4n) is 2.46. The van der Waals surface area contributed by atoms with Crippen molar-refractivity contribution in [2.24, 2.45) is 0 Å². The molecular formula is C16H14O9. The molecule has 0 saturated carbocycles. The number of rotatable bonds is 2. The third kappa shape index (κ3) is 3.04. The van der Waals surface area contributed by atoms with Crippen LogP contribution < -0.4 is 4.74 Å². The smallest absolute Gasteiger partial charge is 0.338 e. The minimum absolute atomic E-state index is 0.0530. The number of benzene rings is 2. The van der Waals surface area contributed by atoms with Crippen LogP contribution in [0.4, 0.5) is 0 Å². The molecule has 0 saturated heterocycles. The molecule has 6 N–H and O–H groups in total. The topological polar surface area (TPSA) is 157 Å². The number of esters is 1.